The minimum atomic E-state index is -0.792. The lowest BCUT2D eigenvalue weighted by atomic mass is 10.2. The van der Waals surface area contributed by atoms with E-state index < -0.39 is 5.97 Å². The normalized spacial score (nSPS) is 10.6. The van der Waals surface area contributed by atoms with Crippen molar-refractivity contribution in [2.45, 2.75) is 12.2 Å². The van der Waals surface area contributed by atoms with Crippen molar-refractivity contribution in [2.75, 3.05) is 5.75 Å². The highest BCUT2D eigenvalue weighted by molar-refractivity contribution is 7.98. The summed E-state index contributed by atoms with van der Waals surface area (Å²) in [6.07, 6.45) is 1.80. The zero-order chi connectivity index (χ0) is 13.7. The van der Waals surface area contributed by atoms with Crippen LogP contribution in [0, 0.1) is 0 Å². The smallest absolute Gasteiger partial charge is 0.304 e. The van der Waals surface area contributed by atoms with Gasteiger partial charge in [0, 0.05) is 16.3 Å². The molecular formula is C13H12ClNO3S. The number of aliphatic carboxylic acids is 1. The molecule has 0 fully saturated rings. The number of thioether (sulfide) groups is 1. The molecule has 0 spiro atoms. The van der Waals surface area contributed by atoms with E-state index >= 15 is 0 Å². The van der Waals surface area contributed by atoms with Crippen LogP contribution in [0.25, 0.3) is 11.3 Å². The van der Waals surface area contributed by atoms with Crippen LogP contribution in [0.1, 0.15) is 12.3 Å². The van der Waals surface area contributed by atoms with Crippen LogP contribution in [0.2, 0.25) is 5.02 Å². The fraction of sp³-hybridized carbons (Fsp3) is 0.231. The van der Waals surface area contributed by atoms with E-state index in [9.17, 15) is 4.79 Å². The lowest BCUT2D eigenvalue weighted by Crippen LogP contribution is -1.96. The number of benzene rings is 1. The number of aromatic nitrogens is 1. The second-order valence-corrected chi connectivity index (χ2v) is 5.37. The SMILES string of the molecule is O=C(O)CCSCc1ncc(-c2cccc(Cl)c2)o1. The Hall–Kier alpha value is -1.46. The Morgan fingerprint density at radius 1 is 1.47 bits per heavy atom. The lowest BCUT2D eigenvalue weighted by Gasteiger charge is -1.97. The summed E-state index contributed by atoms with van der Waals surface area (Å²) in [5.74, 6) is 1.57. The van der Waals surface area contributed by atoms with Crippen molar-refractivity contribution in [1.29, 1.82) is 0 Å². The molecule has 0 amide bonds. The van der Waals surface area contributed by atoms with Crippen LogP contribution < -0.4 is 0 Å². The van der Waals surface area contributed by atoms with E-state index in [2.05, 4.69) is 4.98 Å². The first kappa shape index (κ1) is 14.0. The number of hydrogen-bond acceptors (Lipinski definition) is 4. The fourth-order valence-electron chi connectivity index (χ4n) is 1.47. The van der Waals surface area contributed by atoms with E-state index in [4.69, 9.17) is 21.1 Å². The number of carboxylic acid groups (broad SMARTS) is 1. The first-order valence-corrected chi connectivity index (χ1v) is 7.18. The third-order valence-electron chi connectivity index (χ3n) is 2.35. The van der Waals surface area contributed by atoms with Crippen molar-refractivity contribution in [3.63, 3.8) is 0 Å². The molecule has 0 saturated heterocycles. The summed E-state index contributed by atoms with van der Waals surface area (Å²) in [6.45, 7) is 0. The van der Waals surface area contributed by atoms with Crippen LogP contribution in [-0.2, 0) is 10.5 Å². The number of halogens is 1. The molecule has 1 heterocycles. The Kier molecular flexibility index (Phi) is 4.87. The monoisotopic (exact) mass is 297 g/mol. The largest absolute Gasteiger partial charge is 0.481 e. The fourth-order valence-corrected chi connectivity index (χ4v) is 2.43. The third kappa shape index (κ3) is 4.29. The minimum Gasteiger partial charge on any atom is -0.481 e. The van der Waals surface area contributed by atoms with Gasteiger partial charge in [0.25, 0.3) is 0 Å². The van der Waals surface area contributed by atoms with Gasteiger partial charge in [0.1, 0.15) is 0 Å². The molecule has 0 radical (unpaired) electrons. The Morgan fingerprint density at radius 2 is 2.32 bits per heavy atom. The summed E-state index contributed by atoms with van der Waals surface area (Å²) >= 11 is 7.40. The minimum absolute atomic E-state index is 0.145. The molecule has 1 N–H and O–H groups in total. The number of rotatable bonds is 6. The molecule has 0 aliphatic carbocycles. The van der Waals surface area contributed by atoms with Gasteiger partial charge in [0.2, 0.25) is 5.89 Å². The number of nitrogens with zero attached hydrogens (tertiary/aromatic N) is 1. The topological polar surface area (TPSA) is 63.3 Å². The first-order valence-electron chi connectivity index (χ1n) is 5.65. The van der Waals surface area contributed by atoms with Gasteiger partial charge in [-0.1, -0.05) is 23.7 Å². The predicted octanol–water partition coefficient (Wildman–Crippen LogP) is 3.70. The van der Waals surface area contributed by atoms with Crippen molar-refractivity contribution in [3.8, 4) is 11.3 Å². The highest BCUT2D eigenvalue weighted by atomic mass is 35.5. The molecule has 1 aromatic heterocycles. The second-order valence-electron chi connectivity index (χ2n) is 3.82. The Morgan fingerprint density at radius 3 is 3.05 bits per heavy atom. The molecule has 100 valence electrons. The molecule has 0 aliphatic heterocycles. The maximum Gasteiger partial charge on any atom is 0.304 e. The number of hydrogen-bond donors (Lipinski definition) is 1. The van der Waals surface area contributed by atoms with Crippen LogP contribution in [0.3, 0.4) is 0 Å². The molecule has 0 saturated carbocycles. The zero-order valence-electron chi connectivity index (χ0n) is 10.0. The van der Waals surface area contributed by atoms with Crippen molar-refractivity contribution in [1.82, 2.24) is 4.98 Å². The van der Waals surface area contributed by atoms with Crippen molar-refractivity contribution < 1.29 is 14.3 Å². The number of carbonyl (C=O) groups is 1. The number of carboxylic acids is 1. The van der Waals surface area contributed by atoms with Gasteiger partial charge < -0.3 is 9.52 Å². The molecule has 2 aromatic rings. The van der Waals surface area contributed by atoms with Crippen LogP contribution >= 0.6 is 23.4 Å². The van der Waals surface area contributed by atoms with E-state index in [1.54, 1.807) is 12.3 Å². The maximum atomic E-state index is 10.4. The molecule has 0 aliphatic rings. The molecule has 4 nitrogen and oxygen atoms in total. The van der Waals surface area contributed by atoms with Gasteiger partial charge in [0.15, 0.2) is 5.76 Å². The Labute approximate surface area is 119 Å². The zero-order valence-corrected chi connectivity index (χ0v) is 11.6. The predicted molar refractivity (Wildman–Crippen MR) is 75.4 cm³/mol. The van der Waals surface area contributed by atoms with Crippen molar-refractivity contribution >= 4 is 29.3 Å². The second kappa shape index (κ2) is 6.63. The van der Waals surface area contributed by atoms with E-state index in [0.29, 0.717) is 28.2 Å². The summed E-state index contributed by atoms with van der Waals surface area (Å²) < 4.78 is 5.59. The summed E-state index contributed by atoms with van der Waals surface area (Å²) in [5, 5.41) is 9.17. The average molecular weight is 298 g/mol. The van der Waals surface area contributed by atoms with Crippen LogP contribution in [-0.4, -0.2) is 21.8 Å². The van der Waals surface area contributed by atoms with Gasteiger partial charge >= 0.3 is 5.97 Å². The van der Waals surface area contributed by atoms with E-state index in [1.807, 2.05) is 18.2 Å². The maximum absolute atomic E-state index is 10.4. The highest BCUT2D eigenvalue weighted by Crippen LogP contribution is 2.24. The molecule has 0 atom stereocenters. The average Bonchev–Trinajstić information content (AvgIpc) is 2.83. The van der Waals surface area contributed by atoms with Crippen molar-refractivity contribution in [3.05, 3.63) is 41.4 Å². The lowest BCUT2D eigenvalue weighted by molar-refractivity contribution is -0.136. The third-order valence-corrected chi connectivity index (χ3v) is 3.53. The van der Waals surface area contributed by atoms with Gasteiger partial charge in [-0.05, 0) is 12.1 Å². The number of oxazole rings is 1. The molecule has 0 unspecified atom stereocenters. The summed E-state index contributed by atoms with van der Waals surface area (Å²) in [6, 6.07) is 7.35. The van der Waals surface area contributed by atoms with Gasteiger partial charge in [0.05, 0.1) is 18.4 Å². The van der Waals surface area contributed by atoms with Gasteiger partial charge in [-0.3, -0.25) is 4.79 Å². The van der Waals surface area contributed by atoms with Crippen molar-refractivity contribution in [2.24, 2.45) is 0 Å². The first-order chi connectivity index (χ1) is 9.15. The Bertz CT molecular complexity index is 571. The van der Waals surface area contributed by atoms with Crippen LogP contribution in [0.4, 0.5) is 0 Å². The molecule has 2 rings (SSSR count). The van der Waals surface area contributed by atoms with E-state index in [0.717, 1.165) is 5.56 Å². The molecule has 0 bridgehead atoms. The quantitative estimate of drug-likeness (QED) is 0.824. The van der Waals surface area contributed by atoms with E-state index in [1.165, 1.54) is 11.8 Å². The highest BCUT2D eigenvalue weighted by Gasteiger charge is 2.07. The van der Waals surface area contributed by atoms with Gasteiger partial charge in [-0.25, -0.2) is 4.98 Å². The standard InChI is InChI=1S/C13H12ClNO3S/c14-10-3-1-2-9(6-10)11-7-15-12(18-11)8-19-5-4-13(16)17/h1-3,6-7H,4-5,8H2,(H,16,17). The summed E-state index contributed by atoms with van der Waals surface area (Å²) in [7, 11) is 0. The van der Waals surface area contributed by atoms with Crippen LogP contribution in [0.5, 0.6) is 0 Å². The van der Waals surface area contributed by atoms with E-state index in [-0.39, 0.29) is 6.42 Å². The summed E-state index contributed by atoms with van der Waals surface area (Å²) in [5.41, 5.74) is 0.877. The molecule has 19 heavy (non-hydrogen) atoms. The summed E-state index contributed by atoms with van der Waals surface area (Å²) in [4.78, 5) is 14.5. The molecule has 1 aromatic carbocycles. The Balaban J connectivity index is 1.94. The van der Waals surface area contributed by atoms with Crippen LogP contribution in [0.15, 0.2) is 34.9 Å². The molecular weight excluding hydrogens is 286 g/mol. The van der Waals surface area contributed by atoms with Gasteiger partial charge in [-0.15, -0.1) is 0 Å². The van der Waals surface area contributed by atoms with Gasteiger partial charge in [-0.2, -0.15) is 11.8 Å². The molecule has 6 heteroatoms.